The van der Waals surface area contributed by atoms with Crippen molar-refractivity contribution >= 4 is 17.5 Å². The Morgan fingerprint density at radius 1 is 1.44 bits per heavy atom. The zero-order chi connectivity index (χ0) is 12.2. The molecule has 0 bridgehead atoms. The van der Waals surface area contributed by atoms with E-state index in [2.05, 4.69) is 5.32 Å². The highest BCUT2D eigenvalue weighted by Crippen LogP contribution is 2.16. The lowest BCUT2D eigenvalue weighted by molar-refractivity contribution is -0.123. The highest BCUT2D eigenvalue weighted by atomic mass is 35.5. The normalized spacial score (nSPS) is 14.4. The summed E-state index contributed by atoms with van der Waals surface area (Å²) in [6.45, 7) is 4.46. The highest BCUT2D eigenvalue weighted by Gasteiger charge is 2.29. The first-order valence-corrected chi connectivity index (χ1v) is 5.65. The summed E-state index contributed by atoms with van der Waals surface area (Å²) in [6, 6.07) is 7.43. The van der Waals surface area contributed by atoms with Crippen LogP contribution in [-0.4, -0.2) is 18.0 Å². The molecule has 16 heavy (non-hydrogen) atoms. The number of nitrogens with two attached hydrogens (primary N) is 1. The zero-order valence-electron chi connectivity index (χ0n) is 9.59. The van der Waals surface area contributed by atoms with Crippen LogP contribution in [0.1, 0.15) is 19.4 Å². The van der Waals surface area contributed by atoms with Crippen LogP contribution in [0.2, 0.25) is 5.02 Å². The van der Waals surface area contributed by atoms with Crippen LogP contribution in [0, 0.1) is 0 Å². The predicted molar refractivity (Wildman–Crippen MR) is 66.4 cm³/mol. The van der Waals surface area contributed by atoms with Crippen LogP contribution in [0.25, 0.3) is 0 Å². The van der Waals surface area contributed by atoms with Gasteiger partial charge in [0.05, 0.1) is 5.54 Å². The Labute approximate surface area is 101 Å². The van der Waals surface area contributed by atoms with Crippen LogP contribution in [-0.2, 0) is 11.2 Å². The third-order valence-corrected chi connectivity index (χ3v) is 2.83. The molecule has 3 nitrogen and oxygen atoms in total. The van der Waals surface area contributed by atoms with Gasteiger partial charge in [-0.2, -0.15) is 0 Å². The van der Waals surface area contributed by atoms with Gasteiger partial charge in [0.15, 0.2) is 0 Å². The molecule has 1 atom stereocenters. The van der Waals surface area contributed by atoms with Gasteiger partial charge in [-0.05, 0) is 37.6 Å². The van der Waals surface area contributed by atoms with Crippen molar-refractivity contribution in [3.05, 3.63) is 34.9 Å². The minimum Gasteiger partial charge on any atom is -0.368 e. The minimum absolute atomic E-state index is 0.343. The van der Waals surface area contributed by atoms with Crippen molar-refractivity contribution in [3.63, 3.8) is 0 Å². The lowest BCUT2D eigenvalue weighted by Crippen LogP contribution is -2.54. The lowest BCUT2D eigenvalue weighted by Gasteiger charge is -2.27. The smallest absolute Gasteiger partial charge is 0.237 e. The topological polar surface area (TPSA) is 55.1 Å². The Balaban J connectivity index is 2.83. The number of halogens is 1. The molecule has 0 spiro atoms. The van der Waals surface area contributed by atoms with E-state index >= 15 is 0 Å². The van der Waals surface area contributed by atoms with E-state index < -0.39 is 5.54 Å². The van der Waals surface area contributed by atoms with Crippen molar-refractivity contribution in [1.82, 2.24) is 5.32 Å². The maximum absolute atomic E-state index is 11.4. The second-order valence-electron chi connectivity index (χ2n) is 4.03. The molecule has 0 aliphatic heterocycles. The standard InChI is InChI=1S/C12H17ClN2O/c1-3-15-12(2,11(14)16)8-9-4-6-10(13)7-5-9/h4-7,15H,3,8H2,1-2H3,(H2,14,16). The molecule has 3 N–H and O–H groups in total. The van der Waals surface area contributed by atoms with E-state index in [1.807, 2.05) is 38.1 Å². The van der Waals surface area contributed by atoms with Gasteiger partial charge in [0, 0.05) is 5.02 Å². The Bertz CT molecular complexity index is 364. The summed E-state index contributed by atoms with van der Waals surface area (Å²) in [7, 11) is 0. The molecule has 1 aromatic carbocycles. The first-order valence-electron chi connectivity index (χ1n) is 5.27. The summed E-state index contributed by atoms with van der Waals surface area (Å²) in [4.78, 5) is 11.4. The van der Waals surface area contributed by atoms with Crippen LogP contribution >= 0.6 is 11.6 Å². The Morgan fingerprint density at radius 3 is 2.44 bits per heavy atom. The van der Waals surface area contributed by atoms with Crippen molar-refractivity contribution in [2.24, 2.45) is 5.73 Å². The third-order valence-electron chi connectivity index (χ3n) is 2.58. The summed E-state index contributed by atoms with van der Waals surface area (Å²) in [5.41, 5.74) is 5.74. The number of carbonyl (C=O) groups excluding carboxylic acids is 1. The van der Waals surface area contributed by atoms with Gasteiger partial charge < -0.3 is 11.1 Å². The van der Waals surface area contributed by atoms with Crippen LogP contribution in [0.5, 0.6) is 0 Å². The molecule has 4 heteroatoms. The van der Waals surface area contributed by atoms with Gasteiger partial charge in [0.2, 0.25) is 5.91 Å². The third kappa shape index (κ3) is 3.22. The van der Waals surface area contributed by atoms with Gasteiger partial charge in [-0.25, -0.2) is 0 Å². The van der Waals surface area contributed by atoms with Gasteiger partial charge in [-0.1, -0.05) is 30.7 Å². The Kier molecular flexibility index (Phi) is 4.33. The molecule has 0 radical (unpaired) electrons. The maximum Gasteiger partial charge on any atom is 0.237 e. The molecular weight excluding hydrogens is 224 g/mol. The summed E-state index contributed by atoms with van der Waals surface area (Å²) < 4.78 is 0. The highest BCUT2D eigenvalue weighted by molar-refractivity contribution is 6.30. The van der Waals surface area contributed by atoms with E-state index in [9.17, 15) is 4.79 Å². The average molecular weight is 241 g/mol. The van der Waals surface area contributed by atoms with Crippen LogP contribution in [0.3, 0.4) is 0 Å². The fourth-order valence-electron chi connectivity index (χ4n) is 1.64. The number of nitrogens with one attached hydrogen (secondary N) is 1. The number of carbonyl (C=O) groups is 1. The van der Waals surface area contributed by atoms with Crippen molar-refractivity contribution in [2.75, 3.05) is 6.54 Å². The SMILES string of the molecule is CCNC(C)(Cc1ccc(Cl)cc1)C(N)=O. The number of hydrogen-bond donors (Lipinski definition) is 2. The molecule has 0 aliphatic rings. The van der Waals surface area contributed by atoms with Crippen LogP contribution in [0.4, 0.5) is 0 Å². The Morgan fingerprint density at radius 2 is 2.00 bits per heavy atom. The van der Waals surface area contributed by atoms with E-state index in [0.29, 0.717) is 18.0 Å². The fraction of sp³-hybridized carbons (Fsp3) is 0.417. The average Bonchev–Trinajstić information content (AvgIpc) is 2.22. The molecule has 1 unspecified atom stereocenters. The summed E-state index contributed by atoms with van der Waals surface area (Å²) >= 11 is 5.80. The number of primary amides is 1. The number of likely N-dealkylation sites (N-methyl/N-ethyl adjacent to an activating group) is 1. The number of amides is 1. The number of hydrogen-bond acceptors (Lipinski definition) is 2. The quantitative estimate of drug-likeness (QED) is 0.824. The van der Waals surface area contributed by atoms with E-state index in [4.69, 9.17) is 17.3 Å². The number of rotatable bonds is 5. The summed E-state index contributed by atoms with van der Waals surface area (Å²) in [5, 5.41) is 3.80. The number of benzene rings is 1. The second kappa shape index (κ2) is 5.32. The van der Waals surface area contributed by atoms with E-state index in [-0.39, 0.29) is 5.91 Å². The van der Waals surface area contributed by atoms with Crippen LogP contribution < -0.4 is 11.1 Å². The molecule has 1 rings (SSSR count). The predicted octanol–water partition coefficient (Wildman–Crippen LogP) is 1.74. The fourth-order valence-corrected chi connectivity index (χ4v) is 1.76. The molecule has 0 saturated carbocycles. The molecular formula is C12H17ClN2O. The first-order chi connectivity index (χ1) is 7.48. The van der Waals surface area contributed by atoms with Gasteiger partial charge in [0.1, 0.15) is 0 Å². The largest absolute Gasteiger partial charge is 0.368 e. The molecule has 0 fully saturated rings. The molecule has 0 saturated heterocycles. The van der Waals surface area contributed by atoms with Crippen molar-refractivity contribution < 1.29 is 4.79 Å². The zero-order valence-corrected chi connectivity index (χ0v) is 10.3. The monoisotopic (exact) mass is 240 g/mol. The van der Waals surface area contributed by atoms with Crippen LogP contribution in [0.15, 0.2) is 24.3 Å². The van der Waals surface area contributed by atoms with Crippen molar-refractivity contribution in [3.8, 4) is 0 Å². The molecule has 0 heterocycles. The van der Waals surface area contributed by atoms with Gasteiger partial charge in [-0.15, -0.1) is 0 Å². The van der Waals surface area contributed by atoms with E-state index in [1.54, 1.807) is 0 Å². The van der Waals surface area contributed by atoms with Gasteiger partial charge >= 0.3 is 0 Å². The Hall–Kier alpha value is -1.06. The molecule has 0 aromatic heterocycles. The first kappa shape index (κ1) is 13.0. The molecule has 0 aliphatic carbocycles. The van der Waals surface area contributed by atoms with Crippen molar-refractivity contribution in [2.45, 2.75) is 25.8 Å². The minimum atomic E-state index is -0.706. The van der Waals surface area contributed by atoms with E-state index in [0.717, 1.165) is 5.56 Å². The molecule has 1 amide bonds. The molecule has 88 valence electrons. The molecule has 1 aromatic rings. The van der Waals surface area contributed by atoms with Gasteiger partial charge in [0.25, 0.3) is 0 Å². The van der Waals surface area contributed by atoms with Crippen molar-refractivity contribution in [1.29, 1.82) is 0 Å². The summed E-state index contributed by atoms with van der Waals surface area (Å²) in [5.74, 6) is -0.343. The van der Waals surface area contributed by atoms with Gasteiger partial charge in [-0.3, -0.25) is 4.79 Å². The maximum atomic E-state index is 11.4. The van der Waals surface area contributed by atoms with E-state index in [1.165, 1.54) is 0 Å². The second-order valence-corrected chi connectivity index (χ2v) is 4.47. The lowest BCUT2D eigenvalue weighted by atomic mass is 9.92. The summed E-state index contributed by atoms with van der Waals surface area (Å²) in [6.07, 6.45) is 0.563.